The standard InChI is InChI=1S/C5H9FNO/c6-3-5-4-7-1-2-8-5/h2,5,7H,1,3-4H2. The first-order chi connectivity index (χ1) is 3.93. The molecule has 0 aromatic rings. The van der Waals surface area contributed by atoms with Crippen LogP contribution in [-0.2, 0) is 4.74 Å². The highest BCUT2D eigenvalue weighted by Crippen LogP contribution is 1.98. The topological polar surface area (TPSA) is 21.3 Å². The number of rotatable bonds is 1. The fourth-order valence-electron chi connectivity index (χ4n) is 0.626. The Hall–Kier alpha value is -0.150. The molecule has 1 aliphatic rings. The van der Waals surface area contributed by atoms with Gasteiger partial charge in [-0.1, -0.05) is 0 Å². The van der Waals surface area contributed by atoms with Crippen LogP contribution >= 0.6 is 0 Å². The van der Waals surface area contributed by atoms with Crippen LogP contribution in [0.15, 0.2) is 0 Å². The highest BCUT2D eigenvalue weighted by molar-refractivity contribution is 4.71. The molecule has 1 saturated heterocycles. The summed E-state index contributed by atoms with van der Waals surface area (Å²) >= 11 is 0. The zero-order chi connectivity index (χ0) is 5.82. The van der Waals surface area contributed by atoms with E-state index in [1.54, 1.807) is 6.61 Å². The van der Waals surface area contributed by atoms with Crippen molar-refractivity contribution in [2.24, 2.45) is 0 Å². The number of morpholine rings is 1. The zero-order valence-electron chi connectivity index (χ0n) is 4.56. The predicted octanol–water partition coefficient (Wildman–Crippen LogP) is 0.106. The van der Waals surface area contributed by atoms with Crippen molar-refractivity contribution in [2.75, 3.05) is 19.8 Å². The third-order valence-corrected chi connectivity index (χ3v) is 1.06. The van der Waals surface area contributed by atoms with E-state index in [4.69, 9.17) is 4.74 Å². The molecule has 1 unspecified atom stereocenters. The summed E-state index contributed by atoms with van der Waals surface area (Å²) in [6, 6.07) is 0. The molecular formula is C5H9FNO. The van der Waals surface area contributed by atoms with Gasteiger partial charge in [0.25, 0.3) is 0 Å². The van der Waals surface area contributed by atoms with Gasteiger partial charge in [0.2, 0.25) is 0 Å². The lowest BCUT2D eigenvalue weighted by Crippen LogP contribution is -2.37. The molecule has 0 aromatic heterocycles. The van der Waals surface area contributed by atoms with E-state index in [0.717, 1.165) is 6.54 Å². The molecule has 1 N–H and O–H groups in total. The van der Waals surface area contributed by atoms with E-state index in [-0.39, 0.29) is 6.10 Å². The highest BCUT2D eigenvalue weighted by atomic mass is 19.1. The van der Waals surface area contributed by atoms with Gasteiger partial charge in [0.05, 0.1) is 12.7 Å². The first-order valence-electron chi connectivity index (χ1n) is 2.67. The Morgan fingerprint density at radius 2 is 2.75 bits per heavy atom. The van der Waals surface area contributed by atoms with Crippen molar-refractivity contribution in [2.45, 2.75) is 6.10 Å². The molecule has 2 nitrogen and oxygen atoms in total. The fraction of sp³-hybridized carbons (Fsp3) is 0.800. The van der Waals surface area contributed by atoms with Gasteiger partial charge >= 0.3 is 0 Å². The molecule has 3 heteroatoms. The maximum Gasteiger partial charge on any atom is 0.117 e. The van der Waals surface area contributed by atoms with Gasteiger partial charge in [-0.25, -0.2) is 4.39 Å². The van der Waals surface area contributed by atoms with Crippen LogP contribution in [0.1, 0.15) is 0 Å². The van der Waals surface area contributed by atoms with Gasteiger partial charge in [0, 0.05) is 13.1 Å². The molecule has 0 aliphatic carbocycles. The molecule has 1 aliphatic heterocycles. The molecule has 0 aromatic carbocycles. The third-order valence-electron chi connectivity index (χ3n) is 1.06. The second-order valence-corrected chi connectivity index (χ2v) is 1.74. The van der Waals surface area contributed by atoms with Crippen LogP contribution in [0.25, 0.3) is 0 Å². The van der Waals surface area contributed by atoms with Gasteiger partial charge in [0.1, 0.15) is 6.67 Å². The largest absolute Gasteiger partial charge is 0.367 e. The van der Waals surface area contributed by atoms with Crippen molar-refractivity contribution in [3.05, 3.63) is 6.61 Å². The second-order valence-electron chi connectivity index (χ2n) is 1.74. The number of hydrogen-bond donors (Lipinski definition) is 1. The van der Waals surface area contributed by atoms with E-state index in [0.29, 0.717) is 6.54 Å². The quantitative estimate of drug-likeness (QED) is 0.527. The Balaban J connectivity index is 2.13. The summed E-state index contributed by atoms with van der Waals surface area (Å²) in [7, 11) is 0. The van der Waals surface area contributed by atoms with Crippen LogP contribution in [0.2, 0.25) is 0 Å². The maximum absolute atomic E-state index is 11.7. The lowest BCUT2D eigenvalue weighted by molar-refractivity contribution is 0.0571. The summed E-state index contributed by atoms with van der Waals surface area (Å²) in [5.74, 6) is 0. The van der Waals surface area contributed by atoms with Crippen LogP contribution in [0.3, 0.4) is 0 Å². The molecule has 0 saturated carbocycles. The number of ether oxygens (including phenoxy) is 1. The van der Waals surface area contributed by atoms with Crippen LogP contribution in [-0.4, -0.2) is 25.9 Å². The number of alkyl halides is 1. The van der Waals surface area contributed by atoms with E-state index >= 15 is 0 Å². The molecule has 8 heavy (non-hydrogen) atoms. The average Bonchev–Trinajstić information content (AvgIpc) is 1.90. The third kappa shape index (κ3) is 1.42. The predicted molar refractivity (Wildman–Crippen MR) is 28.0 cm³/mol. The van der Waals surface area contributed by atoms with Gasteiger partial charge < -0.3 is 10.1 Å². The smallest absolute Gasteiger partial charge is 0.117 e. The van der Waals surface area contributed by atoms with E-state index in [2.05, 4.69) is 5.32 Å². The summed E-state index contributed by atoms with van der Waals surface area (Å²) in [6.45, 7) is 2.56. The van der Waals surface area contributed by atoms with Crippen LogP contribution in [0, 0.1) is 6.61 Å². The second kappa shape index (κ2) is 2.99. The molecule has 1 fully saturated rings. The number of hydrogen-bond acceptors (Lipinski definition) is 2. The Morgan fingerprint density at radius 1 is 1.88 bits per heavy atom. The summed E-state index contributed by atoms with van der Waals surface area (Å²) in [6.07, 6.45) is -0.247. The van der Waals surface area contributed by atoms with Gasteiger partial charge in [-0.3, -0.25) is 0 Å². The van der Waals surface area contributed by atoms with Crippen molar-refractivity contribution < 1.29 is 9.13 Å². The molecule has 1 atom stereocenters. The molecule has 0 amide bonds. The summed E-state index contributed by atoms with van der Waals surface area (Å²) in [4.78, 5) is 0. The van der Waals surface area contributed by atoms with E-state index in [1.807, 2.05) is 0 Å². The normalized spacial score (nSPS) is 30.4. The Morgan fingerprint density at radius 3 is 3.12 bits per heavy atom. The van der Waals surface area contributed by atoms with Crippen molar-refractivity contribution in [1.29, 1.82) is 0 Å². The molecule has 1 rings (SSSR count). The van der Waals surface area contributed by atoms with Crippen molar-refractivity contribution in [3.8, 4) is 0 Å². The monoisotopic (exact) mass is 118 g/mol. The van der Waals surface area contributed by atoms with Crippen molar-refractivity contribution >= 4 is 0 Å². The van der Waals surface area contributed by atoms with Gasteiger partial charge in [0.15, 0.2) is 0 Å². The lowest BCUT2D eigenvalue weighted by Gasteiger charge is -2.19. The van der Waals surface area contributed by atoms with Crippen molar-refractivity contribution in [1.82, 2.24) is 5.32 Å². The Kier molecular flexibility index (Phi) is 2.24. The molecule has 47 valence electrons. The minimum atomic E-state index is -0.399. The van der Waals surface area contributed by atoms with Gasteiger partial charge in [-0.2, -0.15) is 0 Å². The van der Waals surface area contributed by atoms with Crippen LogP contribution in [0.5, 0.6) is 0 Å². The first kappa shape index (κ1) is 5.98. The number of nitrogens with one attached hydrogen (secondary N) is 1. The van der Waals surface area contributed by atoms with Crippen molar-refractivity contribution in [3.63, 3.8) is 0 Å². The fourth-order valence-corrected chi connectivity index (χ4v) is 0.626. The summed E-state index contributed by atoms with van der Waals surface area (Å²) in [5, 5.41) is 2.97. The number of halogens is 1. The molecule has 0 bridgehead atoms. The van der Waals surface area contributed by atoms with Crippen LogP contribution in [0.4, 0.5) is 4.39 Å². The molecule has 1 radical (unpaired) electrons. The summed E-state index contributed by atoms with van der Waals surface area (Å²) < 4.78 is 16.6. The average molecular weight is 118 g/mol. The molecular weight excluding hydrogens is 109 g/mol. The molecule has 0 spiro atoms. The van der Waals surface area contributed by atoms with Crippen LogP contribution < -0.4 is 5.32 Å². The van der Waals surface area contributed by atoms with Gasteiger partial charge in [-0.05, 0) is 0 Å². The Labute approximate surface area is 48.0 Å². The van der Waals surface area contributed by atoms with E-state index in [1.165, 1.54) is 0 Å². The lowest BCUT2D eigenvalue weighted by atomic mass is 10.3. The SMILES string of the molecule is FCC1CNC[CH]O1. The van der Waals surface area contributed by atoms with E-state index < -0.39 is 6.67 Å². The first-order valence-corrected chi connectivity index (χ1v) is 2.67. The minimum absolute atomic E-state index is 0.247. The molecule has 1 heterocycles. The zero-order valence-corrected chi connectivity index (χ0v) is 4.56. The van der Waals surface area contributed by atoms with Gasteiger partial charge in [-0.15, -0.1) is 0 Å². The highest BCUT2D eigenvalue weighted by Gasteiger charge is 2.11. The summed E-state index contributed by atoms with van der Waals surface area (Å²) in [5.41, 5.74) is 0. The minimum Gasteiger partial charge on any atom is -0.367 e. The Bertz CT molecular complexity index is 63.4. The van der Waals surface area contributed by atoms with E-state index in [9.17, 15) is 4.39 Å². The maximum atomic E-state index is 11.7.